The van der Waals surface area contributed by atoms with Gasteiger partial charge in [-0.3, -0.25) is 4.79 Å². The SMILES string of the molecule is CCOC(=O)CCCCCNC(C)C1CCOCC1. The smallest absolute Gasteiger partial charge is 0.305 e. The summed E-state index contributed by atoms with van der Waals surface area (Å²) in [6, 6.07) is 0.578. The van der Waals surface area contributed by atoms with E-state index in [1.807, 2.05) is 6.92 Å². The Balaban J connectivity index is 1.93. The maximum Gasteiger partial charge on any atom is 0.305 e. The highest BCUT2D eigenvalue weighted by Crippen LogP contribution is 2.18. The van der Waals surface area contributed by atoms with Gasteiger partial charge >= 0.3 is 5.97 Å². The molecule has 1 rings (SSSR count). The number of hydrogen-bond donors (Lipinski definition) is 1. The van der Waals surface area contributed by atoms with E-state index < -0.39 is 0 Å². The average Bonchev–Trinajstić information content (AvgIpc) is 2.43. The van der Waals surface area contributed by atoms with Crippen LogP contribution in [0.25, 0.3) is 0 Å². The molecule has 4 nitrogen and oxygen atoms in total. The highest BCUT2D eigenvalue weighted by molar-refractivity contribution is 5.69. The van der Waals surface area contributed by atoms with Crippen molar-refractivity contribution in [2.75, 3.05) is 26.4 Å². The van der Waals surface area contributed by atoms with Crippen molar-refractivity contribution in [2.24, 2.45) is 5.92 Å². The van der Waals surface area contributed by atoms with Crippen LogP contribution in [0.5, 0.6) is 0 Å². The van der Waals surface area contributed by atoms with Gasteiger partial charge in [0.2, 0.25) is 0 Å². The summed E-state index contributed by atoms with van der Waals surface area (Å²) in [6.07, 6.45) is 6.07. The summed E-state index contributed by atoms with van der Waals surface area (Å²) < 4.78 is 10.3. The first-order valence-corrected chi connectivity index (χ1v) is 7.70. The molecular weight excluding hydrogens is 242 g/mol. The number of carbonyl (C=O) groups excluding carboxylic acids is 1. The zero-order chi connectivity index (χ0) is 13.9. The van der Waals surface area contributed by atoms with E-state index in [1.165, 1.54) is 12.8 Å². The quantitative estimate of drug-likeness (QED) is 0.517. The molecule has 0 aliphatic carbocycles. The third kappa shape index (κ3) is 7.53. The fourth-order valence-electron chi connectivity index (χ4n) is 2.52. The molecule has 1 fully saturated rings. The highest BCUT2D eigenvalue weighted by Gasteiger charge is 2.19. The van der Waals surface area contributed by atoms with Crippen molar-refractivity contribution >= 4 is 5.97 Å². The van der Waals surface area contributed by atoms with E-state index in [2.05, 4.69) is 12.2 Å². The van der Waals surface area contributed by atoms with E-state index in [9.17, 15) is 4.79 Å². The minimum absolute atomic E-state index is 0.0639. The molecule has 4 heteroatoms. The minimum atomic E-state index is -0.0639. The zero-order valence-corrected chi connectivity index (χ0v) is 12.5. The number of hydrogen-bond acceptors (Lipinski definition) is 4. The summed E-state index contributed by atoms with van der Waals surface area (Å²) in [7, 11) is 0. The predicted molar refractivity (Wildman–Crippen MR) is 76.1 cm³/mol. The van der Waals surface area contributed by atoms with Crippen molar-refractivity contribution in [3.63, 3.8) is 0 Å². The van der Waals surface area contributed by atoms with Crippen molar-refractivity contribution < 1.29 is 14.3 Å². The fraction of sp³-hybridized carbons (Fsp3) is 0.933. The van der Waals surface area contributed by atoms with Gasteiger partial charge in [-0.25, -0.2) is 0 Å². The van der Waals surface area contributed by atoms with Gasteiger partial charge in [-0.05, 0) is 52.0 Å². The Kier molecular flexibility index (Phi) is 8.84. The minimum Gasteiger partial charge on any atom is -0.466 e. The molecule has 0 aromatic rings. The molecule has 1 saturated heterocycles. The fourth-order valence-corrected chi connectivity index (χ4v) is 2.52. The van der Waals surface area contributed by atoms with Gasteiger partial charge in [-0.15, -0.1) is 0 Å². The molecule has 0 saturated carbocycles. The maximum absolute atomic E-state index is 11.1. The van der Waals surface area contributed by atoms with Crippen molar-refractivity contribution in [3.8, 4) is 0 Å². The van der Waals surface area contributed by atoms with Crippen LogP contribution in [0.1, 0.15) is 52.4 Å². The van der Waals surface area contributed by atoms with E-state index in [1.54, 1.807) is 0 Å². The van der Waals surface area contributed by atoms with E-state index in [0.717, 1.165) is 44.9 Å². The van der Waals surface area contributed by atoms with E-state index >= 15 is 0 Å². The van der Waals surface area contributed by atoms with Crippen molar-refractivity contribution in [1.29, 1.82) is 0 Å². The van der Waals surface area contributed by atoms with Gasteiger partial charge in [0, 0.05) is 25.7 Å². The molecular formula is C15H29NO3. The molecule has 1 atom stereocenters. The first-order chi connectivity index (χ1) is 9.24. The molecule has 0 radical (unpaired) electrons. The van der Waals surface area contributed by atoms with Crippen LogP contribution >= 0.6 is 0 Å². The Bertz CT molecular complexity index is 240. The second-order valence-electron chi connectivity index (χ2n) is 5.31. The first kappa shape index (κ1) is 16.4. The van der Waals surface area contributed by atoms with Crippen LogP contribution in [-0.4, -0.2) is 38.4 Å². The second kappa shape index (κ2) is 10.2. The number of carbonyl (C=O) groups is 1. The van der Waals surface area contributed by atoms with Gasteiger partial charge in [-0.1, -0.05) is 6.42 Å². The summed E-state index contributed by atoms with van der Waals surface area (Å²) in [5, 5.41) is 3.59. The van der Waals surface area contributed by atoms with Crippen LogP contribution < -0.4 is 5.32 Å². The van der Waals surface area contributed by atoms with Crippen molar-refractivity contribution in [3.05, 3.63) is 0 Å². The number of unbranched alkanes of at least 4 members (excludes halogenated alkanes) is 2. The number of esters is 1. The molecule has 0 spiro atoms. The monoisotopic (exact) mass is 271 g/mol. The van der Waals surface area contributed by atoms with E-state index in [4.69, 9.17) is 9.47 Å². The zero-order valence-electron chi connectivity index (χ0n) is 12.5. The summed E-state index contributed by atoms with van der Waals surface area (Å²) in [6.45, 7) is 7.48. The molecule has 112 valence electrons. The lowest BCUT2D eigenvalue weighted by molar-refractivity contribution is -0.143. The lowest BCUT2D eigenvalue weighted by Crippen LogP contribution is -2.37. The second-order valence-corrected chi connectivity index (χ2v) is 5.31. The third-order valence-electron chi connectivity index (χ3n) is 3.80. The number of ether oxygens (including phenoxy) is 2. The number of rotatable bonds is 9. The maximum atomic E-state index is 11.1. The van der Waals surface area contributed by atoms with Gasteiger partial charge in [0.15, 0.2) is 0 Å². The molecule has 1 aliphatic heterocycles. The highest BCUT2D eigenvalue weighted by atomic mass is 16.5. The van der Waals surface area contributed by atoms with Crippen LogP contribution in [-0.2, 0) is 14.3 Å². The molecule has 1 aliphatic rings. The molecule has 0 amide bonds. The van der Waals surface area contributed by atoms with Crippen LogP contribution in [0.2, 0.25) is 0 Å². The van der Waals surface area contributed by atoms with Gasteiger partial charge in [0.25, 0.3) is 0 Å². The molecule has 1 N–H and O–H groups in total. The van der Waals surface area contributed by atoms with Gasteiger partial charge in [-0.2, -0.15) is 0 Å². The van der Waals surface area contributed by atoms with Gasteiger partial charge < -0.3 is 14.8 Å². The van der Waals surface area contributed by atoms with E-state index in [0.29, 0.717) is 19.1 Å². The third-order valence-corrected chi connectivity index (χ3v) is 3.80. The molecule has 0 aromatic carbocycles. The lowest BCUT2D eigenvalue weighted by atomic mass is 9.93. The summed E-state index contributed by atoms with van der Waals surface area (Å²) in [4.78, 5) is 11.1. The number of nitrogens with one attached hydrogen (secondary N) is 1. The predicted octanol–water partition coefficient (Wildman–Crippen LogP) is 2.51. The topological polar surface area (TPSA) is 47.6 Å². The average molecular weight is 271 g/mol. The molecule has 1 unspecified atom stereocenters. The Morgan fingerprint density at radius 1 is 1.32 bits per heavy atom. The van der Waals surface area contributed by atoms with Gasteiger partial charge in [0.1, 0.15) is 0 Å². The van der Waals surface area contributed by atoms with Crippen LogP contribution in [0.4, 0.5) is 0 Å². The Morgan fingerprint density at radius 3 is 2.74 bits per heavy atom. The molecule has 1 heterocycles. The molecule has 0 bridgehead atoms. The van der Waals surface area contributed by atoms with Crippen LogP contribution in [0.15, 0.2) is 0 Å². The summed E-state index contributed by atoms with van der Waals surface area (Å²) in [5.74, 6) is 0.694. The summed E-state index contributed by atoms with van der Waals surface area (Å²) in [5.41, 5.74) is 0. The largest absolute Gasteiger partial charge is 0.466 e. The first-order valence-electron chi connectivity index (χ1n) is 7.70. The molecule has 19 heavy (non-hydrogen) atoms. The van der Waals surface area contributed by atoms with Crippen LogP contribution in [0, 0.1) is 5.92 Å². The summed E-state index contributed by atoms with van der Waals surface area (Å²) >= 11 is 0. The van der Waals surface area contributed by atoms with Crippen LogP contribution in [0.3, 0.4) is 0 Å². The molecule has 0 aromatic heterocycles. The standard InChI is InChI=1S/C15H29NO3/c1-3-19-15(17)7-5-4-6-10-16-13(2)14-8-11-18-12-9-14/h13-14,16H,3-12H2,1-2H3. The Labute approximate surface area is 117 Å². The normalized spacial score (nSPS) is 18.2. The van der Waals surface area contributed by atoms with E-state index in [-0.39, 0.29) is 5.97 Å². The van der Waals surface area contributed by atoms with Gasteiger partial charge in [0.05, 0.1) is 6.61 Å². The Morgan fingerprint density at radius 2 is 2.05 bits per heavy atom. The lowest BCUT2D eigenvalue weighted by Gasteiger charge is -2.28. The van der Waals surface area contributed by atoms with Crippen molar-refractivity contribution in [2.45, 2.75) is 58.4 Å². The Hall–Kier alpha value is -0.610. The van der Waals surface area contributed by atoms with Crippen molar-refractivity contribution in [1.82, 2.24) is 5.32 Å².